The molecular formula is C28H28N6O2. The standard InChI is InChI=1S/C28H28N6O2/c35-27(21-7-2-1-3-8-21)34-16-6-10-24(34)26-30-25(23-9-4-5-15-33(23)26)28(36)32-19-17-31(18-20-32)22-11-13-29-14-12-22/h1-5,7-9,11-15,24H,6,10,16-20H2/t24-/m1/s1. The average molecular weight is 481 g/mol. The number of pyridine rings is 2. The maximum atomic E-state index is 13.7. The highest BCUT2D eigenvalue weighted by Crippen LogP contribution is 2.34. The van der Waals surface area contributed by atoms with Crippen LogP contribution in [0.1, 0.15) is 45.6 Å². The van der Waals surface area contributed by atoms with Crippen LogP contribution in [0.2, 0.25) is 0 Å². The Balaban J connectivity index is 1.27. The lowest BCUT2D eigenvalue weighted by molar-refractivity contribution is 0.0729. The summed E-state index contributed by atoms with van der Waals surface area (Å²) in [7, 11) is 0. The number of carbonyl (C=O) groups excluding carboxylic acids is 2. The van der Waals surface area contributed by atoms with E-state index in [-0.39, 0.29) is 17.9 Å². The molecule has 0 radical (unpaired) electrons. The van der Waals surface area contributed by atoms with E-state index in [0.29, 0.717) is 30.9 Å². The fourth-order valence-electron chi connectivity index (χ4n) is 5.35. The number of likely N-dealkylation sites (tertiary alicyclic amines) is 1. The van der Waals surface area contributed by atoms with Crippen molar-refractivity contribution in [2.45, 2.75) is 18.9 Å². The Labute approximate surface area is 209 Å². The van der Waals surface area contributed by atoms with Crippen LogP contribution in [0, 0.1) is 0 Å². The van der Waals surface area contributed by atoms with Gasteiger partial charge in [0.25, 0.3) is 11.8 Å². The van der Waals surface area contributed by atoms with Gasteiger partial charge in [-0.15, -0.1) is 0 Å². The van der Waals surface area contributed by atoms with Crippen molar-refractivity contribution in [3.63, 3.8) is 0 Å². The Kier molecular flexibility index (Phi) is 5.85. The number of fused-ring (bicyclic) bond motifs is 1. The summed E-state index contributed by atoms with van der Waals surface area (Å²) in [5.74, 6) is 0.704. The maximum Gasteiger partial charge on any atom is 0.274 e. The highest BCUT2D eigenvalue weighted by Gasteiger charge is 2.35. The number of carbonyl (C=O) groups is 2. The number of amides is 2. The molecule has 0 bridgehead atoms. The molecule has 3 aromatic heterocycles. The van der Waals surface area contributed by atoms with Crippen LogP contribution in [-0.4, -0.2) is 68.7 Å². The predicted octanol–water partition coefficient (Wildman–Crippen LogP) is 3.67. The molecule has 8 nitrogen and oxygen atoms in total. The van der Waals surface area contributed by atoms with Crippen LogP contribution in [0.3, 0.4) is 0 Å². The quantitative estimate of drug-likeness (QED) is 0.446. The van der Waals surface area contributed by atoms with E-state index in [1.165, 1.54) is 0 Å². The van der Waals surface area contributed by atoms with Crippen molar-refractivity contribution < 1.29 is 9.59 Å². The molecule has 2 aliphatic rings. The van der Waals surface area contributed by atoms with Crippen LogP contribution in [0.15, 0.2) is 79.3 Å². The van der Waals surface area contributed by atoms with E-state index < -0.39 is 0 Å². The second-order valence-corrected chi connectivity index (χ2v) is 9.28. The number of rotatable bonds is 4. The largest absolute Gasteiger partial charge is 0.368 e. The fourth-order valence-corrected chi connectivity index (χ4v) is 5.35. The highest BCUT2D eigenvalue weighted by atomic mass is 16.2. The van der Waals surface area contributed by atoms with Gasteiger partial charge in [-0.1, -0.05) is 24.3 Å². The lowest BCUT2D eigenvalue weighted by Crippen LogP contribution is -2.49. The molecule has 1 atom stereocenters. The zero-order valence-corrected chi connectivity index (χ0v) is 20.0. The van der Waals surface area contributed by atoms with Crippen LogP contribution in [-0.2, 0) is 0 Å². The van der Waals surface area contributed by atoms with Gasteiger partial charge in [-0.3, -0.25) is 14.6 Å². The predicted molar refractivity (Wildman–Crippen MR) is 137 cm³/mol. The van der Waals surface area contributed by atoms with Gasteiger partial charge in [-0.25, -0.2) is 4.98 Å². The molecule has 1 aromatic carbocycles. The number of anilines is 1. The van der Waals surface area contributed by atoms with E-state index in [4.69, 9.17) is 4.98 Å². The summed E-state index contributed by atoms with van der Waals surface area (Å²) in [5.41, 5.74) is 3.04. The molecule has 0 aliphatic carbocycles. The summed E-state index contributed by atoms with van der Waals surface area (Å²) < 4.78 is 1.99. The zero-order chi connectivity index (χ0) is 24.5. The molecule has 0 spiro atoms. The van der Waals surface area contributed by atoms with Crippen LogP contribution < -0.4 is 4.90 Å². The Hall–Kier alpha value is -4.20. The second-order valence-electron chi connectivity index (χ2n) is 9.28. The molecule has 8 heteroatoms. The van der Waals surface area contributed by atoms with Crippen LogP contribution in [0.25, 0.3) is 5.52 Å². The maximum absolute atomic E-state index is 13.7. The molecule has 0 unspecified atom stereocenters. The van der Waals surface area contributed by atoms with Crippen LogP contribution >= 0.6 is 0 Å². The first kappa shape index (κ1) is 22.3. The van der Waals surface area contributed by atoms with E-state index in [0.717, 1.165) is 43.0 Å². The molecule has 2 aliphatic heterocycles. The number of hydrogen-bond donors (Lipinski definition) is 0. The number of hydrogen-bond acceptors (Lipinski definition) is 5. The van der Waals surface area contributed by atoms with Crippen molar-refractivity contribution in [2.75, 3.05) is 37.6 Å². The van der Waals surface area contributed by atoms with Crippen molar-refractivity contribution >= 4 is 23.0 Å². The molecule has 2 saturated heterocycles. The van der Waals surface area contributed by atoms with Crippen molar-refractivity contribution in [1.82, 2.24) is 24.2 Å². The van der Waals surface area contributed by atoms with E-state index >= 15 is 0 Å². The van der Waals surface area contributed by atoms with Crippen LogP contribution in [0.5, 0.6) is 0 Å². The minimum absolute atomic E-state index is 0.00546. The van der Waals surface area contributed by atoms with Gasteiger partial charge in [0.2, 0.25) is 0 Å². The number of nitrogens with zero attached hydrogens (tertiary/aromatic N) is 6. The molecule has 36 heavy (non-hydrogen) atoms. The molecule has 2 amide bonds. The van der Waals surface area contributed by atoms with Gasteiger partial charge in [0.05, 0.1) is 11.6 Å². The third-order valence-electron chi connectivity index (χ3n) is 7.21. The normalized spacial score (nSPS) is 18.1. The summed E-state index contributed by atoms with van der Waals surface area (Å²) in [6.07, 6.45) is 7.26. The minimum atomic E-state index is -0.169. The molecule has 5 heterocycles. The molecule has 6 rings (SSSR count). The topological polar surface area (TPSA) is 74.1 Å². The van der Waals surface area contributed by atoms with Gasteiger partial charge < -0.3 is 19.1 Å². The number of aromatic nitrogens is 3. The van der Waals surface area contributed by atoms with Crippen molar-refractivity contribution in [3.8, 4) is 0 Å². The number of benzene rings is 1. The molecule has 0 N–H and O–H groups in total. The third kappa shape index (κ3) is 3.98. The number of imidazole rings is 1. The molecule has 2 fully saturated rings. The van der Waals surface area contributed by atoms with Crippen molar-refractivity contribution in [2.24, 2.45) is 0 Å². The van der Waals surface area contributed by atoms with Gasteiger partial charge in [0, 0.05) is 62.6 Å². The number of piperazine rings is 1. The first-order chi connectivity index (χ1) is 17.7. The average Bonchev–Trinajstić information content (AvgIpc) is 3.58. The summed E-state index contributed by atoms with van der Waals surface area (Å²) >= 11 is 0. The van der Waals surface area contributed by atoms with Crippen molar-refractivity contribution in [3.05, 3.63) is 96.3 Å². The lowest BCUT2D eigenvalue weighted by Gasteiger charge is -2.35. The smallest absolute Gasteiger partial charge is 0.274 e. The molecular weight excluding hydrogens is 452 g/mol. The Morgan fingerprint density at radius 3 is 2.33 bits per heavy atom. The van der Waals surface area contributed by atoms with Gasteiger partial charge >= 0.3 is 0 Å². The van der Waals surface area contributed by atoms with Gasteiger partial charge in [0.15, 0.2) is 5.69 Å². The highest BCUT2D eigenvalue weighted by molar-refractivity contribution is 5.99. The van der Waals surface area contributed by atoms with Gasteiger partial charge in [-0.05, 0) is 49.2 Å². The minimum Gasteiger partial charge on any atom is -0.368 e. The summed E-state index contributed by atoms with van der Waals surface area (Å²) in [4.78, 5) is 42.0. The molecule has 0 saturated carbocycles. The van der Waals surface area contributed by atoms with E-state index in [1.807, 2.05) is 81.1 Å². The third-order valence-corrected chi connectivity index (χ3v) is 7.21. The van der Waals surface area contributed by atoms with Gasteiger partial charge in [0.1, 0.15) is 5.82 Å². The van der Waals surface area contributed by atoms with Crippen molar-refractivity contribution in [1.29, 1.82) is 0 Å². The van der Waals surface area contributed by atoms with E-state index in [2.05, 4.69) is 9.88 Å². The van der Waals surface area contributed by atoms with Crippen LogP contribution in [0.4, 0.5) is 5.69 Å². The second kappa shape index (κ2) is 9.45. The summed E-state index contributed by atoms with van der Waals surface area (Å²) in [6.45, 7) is 3.46. The lowest BCUT2D eigenvalue weighted by atomic mass is 10.1. The first-order valence-electron chi connectivity index (χ1n) is 12.5. The molecule has 182 valence electrons. The zero-order valence-electron chi connectivity index (χ0n) is 20.0. The van der Waals surface area contributed by atoms with E-state index in [9.17, 15) is 9.59 Å². The van der Waals surface area contributed by atoms with Gasteiger partial charge in [-0.2, -0.15) is 0 Å². The first-order valence-corrected chi connectivity index (χ1v) is 12.5. The van der Waals surface area contributed by atoms with E-state index in [1.54, 1.807) is 12.4 Å². The monoisotopic (exact) mass is 480 g/mol. The summed E-state index contributed by atoms with van der Waals surface area (Å²) in [6, 6.07) is 19.0. The summed E-state index contributed by atoms with van der Waals surface area (Å²) in [5, 5.41) is 0. The molecule has 4 aromatic rings. The Bertz CT molecular complexity index is 1380. The fraction of sp³-hybridized carbons (Fsp3) is 0.286. The SMILES string of the molecule is O=C(c1nc([C@H]2CCCN2C(=O)c2ccccc2)n2ccccc12)N1CCN(c2ccncc2)CC1. The Morgan fingerprint density at radius 1 is 0.806 bits per heavy atom. The Morgan fingerprint density at radius 2 is 1.56 bits per heavy atom.